The van der Waals surface area contributed by atoms with Crippen LogP contribution in [0.15, 0.2) is 0 Å². The Hall–Kier alpha value is -0.716. The Bertz CT molecular complexity index is 411. The van der Waals surface area contributed by atoms with Crippen LogP contribution in [0.4, 0.5) is 0 Å². The molecule has 6 nitrogen and oxygen atoms in total. The van der Waals surface area contributed by atoms with Crippen molar-refractivity contribution in [1.29, 1.82) is 0 Å². The van der Waals surface area contributed by atoms with Gasteiger partial charge in [-0.05, 0) is 12.8 Å². The van der Waals surface area contributed by atoms with Crippen LogP contribution in [0.25, 0.3) is 0 Å². The summed E-state index contributed by atoms with van der Waals surface area (Å²) >= 11 is 0.750. The molecule has 0 radical (unpaired) electrons. The molecule has 0 aliphatic heterocycles. The van der Waals surface area contributed by atoms with Crippen LogP contribution in [0.3, 0.4) is 0 Å². The predicted octanol–water partition coefficient (Wildman–Crippen LogP) is 9.95. The van der Waals surface area contributed by atoms with E-state index < -0.39 is 5.97 Å². The molecular formula is C33H66O6Ti. The summed E-state index contributed by atoms with van der Waals surface area (Å²) in [5.74, 6) is -0.663. The zero-order valence-corrected chi connectivity index (χ0v) is 28.5. The SMILES string of the molecule is CCCCCCCCCC(=O)O.CCCCCCCCC[C-]=O.CCCCCCCCC[C-]=O.CCCO.[O]=[Ti+2]. The van der Waals surface area contributed by atoms with Crippen molar-refractivity contribution in [2.75, 3.05) is 6.61 Å². The third-order valence-electron chi connectivity index (χ3n) is 5.98. The molecule has 0 rings (SSSR count). The molecule has 0 saturated carbocycles. The van der Waals surface area contributed by atoms with E-state index in [9.17, 15) is 14.4 Å². The van der Waals surface area contributed by atoms with Gasteiger partial charge in [0.05, 0.1) is 0 Å². The van der Waals surface area contributed by atoms with Gasteiger partial charge < -0.3 is 19.8 Å². The van der Waals surface area contributed by atoms with Gasteiger partial charge in [-0.25, -0.2) is 0 Å². The molecule has 0 aromatic heterocycles. The summed E-state index contributed by atoms with van der Waals surface area (Å²) in [6.45, 7) is 8.90. The Kier molecular flexibility index (Phi) is 71.1. The molecule has 0 heterocycles. The Morgan fingerprint density at radius 3 is 0.975 bits per heavy atom. The third-order valence-corrected chi connectivity index (χ3v) is 5.98. The number of hydrogen-bond donors (Lipinski definition) is 2. The average Bonchev–Trinajstić information content (AvgIpc) is 2.97. The topological polar surface area (TPSA) is 109 Å². The van der Waals surface area contributed by atoms with Crippen molar-refractivity contribution >= 4 is 18.5 Å². The van der Waals surface area contributed by atoms with E-state index in [4.69, 9.17) is 13.5 Å². The monoisotopic (exact) mass is 606 g/mol. The first-order valence-corrected chi connectivity index (χ1v) is 16.9. The fourth-order valence-corrected chi connectivity index (χ4v) is 3.54. The van der Waals surface area contributed by atoms with Gasteiger partial charge in [0.25, 0.3) is 0 Å². The summed E-state index contributed by atoms with van der Waals surface area (Å²) in [6.07, 6.45) is 32.4. The molecule has 7 heteroatoms. The number of carbonyl (C=O) groups excluding carboxylic acids is 2. The van der Waals surface area contributed by atoms with Gasteiger partial charge in [0.1, 0.15) is 0 Å². The molecule has 0 aromatic carbocycles. The molecule has 0 amide bonds. The Balaban J connectivity index is -0.000000139. The molecular weight excluding hydrogens is 540 g/mol. The molecule has 0 spiro atoms. The molecule has 238 valence electrons. The Morgan fingerprint density at radius 1 is 0.500 bits per heavy atom. The van der Waals surface area contributed by atoms with Gasteiger partial charge in [-0.3, -0.25) is 17.4 Å². The molecule has 0 saturated heterocycles. The van der Waals surface area contributed by atoms with E-state index in [1.54, 1.807) is 0 Å². The van der Waals surface area contributed by atoms with E-state index >= 15 is 0 Å². The molecule has 0 aromatic rings. The minimum atomic E-state index is -0.663. The molecule has 0 fully saturated rings. The molecule has 40 heavy (non-hydrogen) atoms. The van der Waals surface area contributed by atoms with Crippen LogP contribution in [-0.2, 0) is 38.1 Å². The molecule has 0 aliphatic carbocycles. The van der Waals surface area contributed by atoms with E-state index in [1.165, 1.54) is 109 Å². The predicted molar refractivity (Wildman–Crippen MR) is 165 cm³/mol. The number of carbonyl (C=O) groups is 1. The fraction of sp³-hybridized carbons (Fsp3) is 0.909. The first-order chi connectivity index (χ1) is 19.5. The first-order valence-electron chi connectivity index (χ1n) is 16.2. The van der Waals surface area contributed by atoms with Crippen LogP contribution in [0.1, 0.15) is 188 Å². The van der Waals surface area contributed by atoms with Gasteiger partial charge in [0, 0.05) is 13.0 Å². The molecule has 0 atom stereocenters. The van der Waals surface area contributed by atoms with Crippen molar-refractivity contribution in [2.45, 2.75) is 188 Å². The number of carboxylic acids is 1. The van der Waals surface area contributed by atoms with Crippen molar-refractivity contribution in [1.82, 2.24) is 0 Å². The average molecular weight is 607 g/mol. The van der Waals surface area contributed by atoms with Crippen LogP contribution in [0.2, 0.25) is 0 Å². The minimum absolute atomic E-state index is 0.319. The number of aliphatic carboxylic acids is 1. The second-order valence-corrected chi connectivity index (χ2v) is 10.0. The normalized spacial score (nSPS) is 9.38. The summed E-state index contributed by atoms with van der Waals surface area (Å²) in [5, 5.41) is 16.2. The van der Waals surface area contributed by atoms with E-state index in [0.29, 0.717) is 25.9 Å². The van der Waals surface area contributed by atoms with Crippen LogP contribution in [0, 0.1) is 0 Å². The maximum absolute atomic E-state index is 10.1. The summed E-state index contributed by atoms with van der Waals surface area (Å²) < 4.78 is 8.25. The van der Waals surface area contributed by atoms with E-state index in [0.717, 1.165) is 52.5 Å². The molecule has 0 unspecified atom stereocenters. The second kappa shape index (κ2) is 58.0. The number of unbranched alkanes of at least 4 members (excludes halogenated alkanes) is 20. The van der Waals surface area contributed by atoms with Gasteiger partial charge >= 0.3 is 29.7 Å². The number of aliphatic hydroxyl groups is 1. The summed E-state index contributed by atoms with van der Waals surface area (Å²) in [4.78, 5) is 29.8. The fourth-order valence-electron chi connectivity index (χ4n) is 3.54. The van der Waals surface area contributed by atoms with Crippen molar-refractivity contribution in [3.05, 3.63) is 0 Å². The zero-order chi connectivity index (χ0) is 31.4. The molecule has 0 aliphatic rings. The van der Waals surface area contributed by atoms with Gasteiger partial charge in [-0.15, -0.1) is 0 Å². The maximum atomic E-state index is 10.1. The summed E-state index contributed by atoms with van der Waals surface area (Å²) in [5.41, 5.74) is 0. The molecule has 0 bridgehead atoms. The zero-order valence-electron chi connectivity index (χ0n) is 26.9. The third kappa shape index (κ3) is 76.8. The van der Waals surface area contributed by atoms with Crippen molar-refractivity contribution in [2.24, 2.45) is 0 Å². The van der Waals surface area contributed by atoms with Crippen molar-refractivity contribution in [3.63, 3.8) is 0 Å². The van der Waals surface area contributed by atoms with Crippen molar-refractivity contribution < 1.29 is 48.3 Å². The first kappa shape index (κ1) is 49.0. The number of carboxylic acid groups (broad SMARTS) is 1. The summed E-state index contributed by atoms with van der Waals surface area (Å²) in [6, 6.07) is 0. The number of hydrogen-bond acceptors (Lipinski definition) is 5. The van der Waals surface area contributed by atoms with Crippen LogP contribution in [0.5, 0.6) is 0 Å². The standard InChI is InChI=1S/C10H20O2.2C10H19O.C3H8O.O.Ti/c1-2-3-4-5-6-7-8-9-10(11)12;2*1-2-3-4-5-6-7-8-9-10-11;1-2-3-4;;/h2-9H2,1H3,(H,11,12);2*2-9H2,1H3;4H,2-3H2,1H3;;/q;2*-1;;;+2. The van der Waals surface area contributed by atoms with Gasteiger partial charge in [0.15, 0.2) is 0 Å². The van der Waals surface area contributed by atoms with Gasteiger partial charge in [-0.2, -0.15) is 12.8 Å². The van der Waals surface area contributed by atoms with Crippen molar-refractivity contribution in [3.8, 4) is 0 Å². The van der Waals surface area contributed by atoms with Crippen LogP contribution < -0.4 is 0 Å². The summed E-state index contributed by atoms with van der Waals surface area (Å²) in [7, 11) is 0. The van der Waals surface area contributed by atoms with E-state index in [2.05, 4.69) is 20.8 Å². The van der Waals surface area contributed by atoms with E-state index in [-0.39, 0.29) is 0 Å². The molecule has 2 N–H and O–H groups in total. The quantitative estimate of drug-likeness (QED) is 0.0608. The van der Waals surface area contributed by atoms with Gasteiger partial charge in [-0.1, -0.05) is 156 Å². The van der Waals surface area contributed by atoms with Crippen LogP contribution in [-0.4, -0.2) is 35.4 Å². The van der Waals surface area contributed by atoms with Gasteiger partial charge in [0.2, 0.25) is 0 Å². The number of rotatable bonds is 25. The number of aliphatic hydroxyl groups excluding tert-OH is 1. The second-order valence-electron chi connectivity index (χ2n) is 10.0. The van der Waals surface area contributed by atoms with Crippen LogP contribution >= 0.6 is 0 Å². The Morgan fingerprint density at radius 2 is 0.750 bits per heavy atom. The Labute approximate surface area is 261 Å². The van der Waals surface area contributed by atoms with E-state index in [1.807, 2.05) is 19.5 Å².